The minimum absolute atomic E-state index is 0.00133. The number of carbonyl (C=O) groups is 8. The summed E-state index contributed by atoms with van der Waals surface area (Å²) in [5, 5.41) is 29.9. The van der Waals surface area contributed by atoms with Gasteiger partial charge in [-0.15, -0.1) is 10.2 Å². The van der Waals surface area contributed by atoms with Gasteiger partial charge in [-0.2, -0.15) is 0 Å². The Morgan fingerprint density at radius 3 is 1.02 bits per heavy atom. The Bertz CT molecular complexity index is 2210. The van der Waals surface area contributed by atoms with Gasteiger partial charge < -0.3 is 24.4 Å². The molecule has 0 aliphatic carbocycles. The first-order valence-corrected chi connectivity index (χ1v) is 19.5. The van der Waals surface area contributed by atoms with Crippen molar-refractivity contribution in [1.29, 1.82) is 0 Å². The van der Waals surface area contributed by atoms with Crippen molar-refractivity contribution in [2.24, 2.45) is 0 Å². The maximum absolute atomic E-state index is 11.5. The zero-order valence-corrected chi connectivity index (χ0v) is 40.4. The number of carbonyl (C=O) groups excluding carboxylic acids is 6. The lowest BCUT2D eigenvalue weighted by molar-refractivity contribution is -0.151. The highest BCUT2D eigenvalue weighted by atomic mass is 35.5. The van der Waals surface area contributed by atoms with Crippen LogP contribution in [0.5, 0.6) is 0 Å². The summed E-state index contributed by atoms with van der Waals surface area (Å²) < 4.78 is 14.0. The molecule has 0 unspecified atom stereocenters. The highest BCUT2D eigenvalue weighted by molar-refractivity contribution is 6.32. The number of rotatable bonds is 4. The number of ether oxygens (including phenoxy) is 3. The zero-order valence-electron chi connectivity index (χ0n) is 38.9. The van der Waals surface area contributed by atoms with E-state index in [1.807, 2.05) is 24.7 Å². The van der Waals surface area contributed by atoms with Crippen molar-refractivity contribution < 1.29 is 62.8 Å². The molecule has 0 saturated heterocycles. The quantitative estimate of drug-likeness (QED) is 0.0691. The number of carboxylic acids is 2. The average Bonchev–Trinajstić information content (AvgIpc) is 3.42. The molecular formula is C40H56Cl2N8O15. The first-order chi connectivity index (χ1) is 29.5. The summed E-state index contributed by atoms with van der Waals surface area (Å²) in [5.74, 6) is -4.84. The van der Waals surface area contributed by atoms with Crippen molar-refractivity contribution in [2.75, 3.05) is 0 Å². The smallest absolute Gasteiger partial charge is 0.426 e. The Morgan fingerprint density at radius 1 is 0.523 bits per heavy atom. The summed E-state index contributed by atoms with van der Waals surface area (Å²) in [6.07, 6.45) is -1.65. The number of H-pyrrole nitrogens is 2. The van der Waals surface area contributed by atoms with Crippen LogP contribution in [0.1, 0.15) is 105 Å². The zero-order chi connectivity index (χ0) is 51.5. The number of hydrogen-bond acceptors (Lipinski definition) is 15. The number of hydrogen-bond donors (Lipinski definition) is 8. The molecule has 1 aliphatic heterocycles. The molecule has 0 radical (unpaired) electrons. The molecule has 2 aromatic heterocycles. The van der Waals surface area contributed by atoms with Crippen LogP contribution in [-0.2, 0) is 43.0 Å². The van der Waals surface area contributed by atoms with Crippen LogP contribution < -0.4 is 32.8 Å². The summed E-state index contributed by atoms with van der Waals surface area (Å²) in [6, 6.07) is 0. The number of aromatic amines is 2. The van der Waals surface area contributed by atoms with Crippen LogP contribution >= 0.6 is 23.2 Å². The second-order valence-corrected chi connectivity index (χ2v) is 16.1. The van der Waals surface area contributed by atoms with E-state index in [2.05, 4.69) is 36.0 Å². The number of aromatic nitrogens is 4. The summed E-state index contributed by atoms with van der Waals surface area (Å²) in [5.41, 5.74) is 9.68. The van der Waals surface area contributed by atoms with E-state index in [1.165, 1.54) is 27.7 Å². The number of hydrazine groups is 2. The fourth-order valence-electron chi connectivity index (χ4n) is 3.40. The van der Waals surface area contributed by atoms with Crippen LogP contribution in [0.2, 0.25) is 10.3 Å². The van der Waals surface area contributed by atoms with E-state index in [0.717, 1.165) is 11.1 Å². The molecule has 2 aromatic rings. The van der Waals surface area contributed by atoms with Crippen LogP contribution in [0.15, 0.2) is 43.0 Å². The van der Waals surface area contributed by atoms with Crippen LogP contribution in [-0.4, -0.2) is 89.7 Å². The van der Waals surface area contributed by atoms with Crippen LogP contribution in [0.4, 0.5) is 9.59 Å². The molecule has 3 rings (SSSR count). The van der Waals surface area contributed by atoms with E-state index in [0.29, 0.717) is 32.6 Å². The molecule has 0 atom stereocenters. The normalized spacial score (nSPS) is 12.5. The number of esters is 2. The van der Waals surface area contributed by atoms with E-state index in [4.69, 9.17) is 42.9 Å². The molecule has 360 valence electrons. The minimum Gasteiger partial charge on any atom is -0.478 e. The van der Waals surface area contributed by atoms with Crippen molar-refractivity contribution >= 4 is 71.1 Å². The highest BCUT2D eigenvalue weighted by Gasteiger charge is 2.26. The van der Waals surface area contributed by atoms with Gasteiger partial charge >= 0.3 is 36.1 Å². The Hall–Kier alpha value is -6.88. The number of nitrogens with one attached hydrogen (secondary N) is 6. The molecule has 8 N–H and O–H groups in total. The molecule has 3 heterocycles. The van der Waals surface area contributed by atoms with E-state index in [-0.39, 0.29) is 33.4 Å². The molecule has 25 heteroatoms. The topological polar surface area (TPSA) is 344 Å². The number of halogens is 2. The SMILES string of the molecule is C/C(C(=O)O)=C(\C)C(=O)NNC(=O)OC(C)(C)C.C/C(C(=O)O)=C(\C)C(=O)NNC(=O)OC(C)(C)C.CC1=C(C)C(=O)OC1=O.Cc1c(C)c(=O)[nH][nH]c1=O.Cc1c(Cl)nnc(Cl)c1C. The van der Waals surface area contributed by atoms with Crippen molar-refractivity contribution in [3.63, 3.8) is 0 Å². The van der Waals surface area contributed by atoms with Gasteiger partial charge in [0.2, 0.25) is 0 Å². The minimum atomic E-state index is -1.19. The lowest BCUT2D eigenvalue weighted by atomic mass is 10.1. The molecular weight excluding hydrogens is 903 g/mol. The third-order valence-electron chi connectivity index (χ3n) is 8.10. The summed E-state index contributed by atoms with van der Waals surface area (Å²) >= 11 is 11.3. The van der Waals surface area contributed by atoms with Crippen molar-refractivity contribution in [1.82, 2.24) is 42.1 Å². The van der Waals surface area contributed by atoms with Crippen molar-refractivity contribution in [2.45, 2.75) is 122 Å². The predicted octanol–water partition coefficient (Wildman–Crippen LogP) is 4.41. The molecule has 0 bridgehead atoms. The van der Waals surface area contributed by atoms with Gasteiger partial charge in [0.15, 0.2) is 10.3 Å². The van der Waals surface area contributed by atoms with Crippen molar-refractivity contribution in [3.05, 3.63) is 86.7 Å². The molecule has 4 amide bonds. The monoisotopic (exact) mass is 958 g/mol. The van der Waals surface area contributed by atoms with Gasteiger partial charge in [-0.1, -0.05) is 23.2 Å². The molecule has 23 nitrogen and oxygen atoms in total. The Balaban J connectivity index is 0. The highest BCUT2D eigenvalue weighted by Crippen LogP contribution is 2.20. The number of amides is 4. The number of carboxylic acid groups (broad SMARTS) is 2. The van der Waals surface area contributed by atoms with Crippen LogP contribution in [0.3, 0.4) is 0 Å². The van der Waals surface area contributed by atoms with E-state index >= 15 is 0 Å². The average molecular weight is 960 g/mol. The molecule has 65 heavy (non-hydrogen) atoms. The Labute approximate surface area is 383 Å². The number of aliphatic carboxylic acids is 2. The van der Waals surface area contributed by atoms with Gasteiger partial charge in [0.1, 0.15) is 11.2 Å². The van der Waals surface area contributed by atoms with Crippen molar-refractivity contribution in [3.8, 4) is 0 Å². The molecule has 0 spiro atoms. The molecule has 0 fully saturated rings. The molecule has 1 aliphatic rings. The van der Waals surface area contributed by atoms with Gasteiger partial charge in [0.25, 0.3) is 22.9 Å². The van der Waals surface area contributed by atoms with Gasteiger partial charge in [-0.3, -0.25) is 40.2 Å². The van der Waals surface area contributed by atoms with E-state index < -0.39 is 59.1 Å². The largest absolute Gasteiger partial charge is 0.478 e. The number of cyclic esters (lactones) is 2. The van der Waals surface area contributed by atoms with Crippen LogP contribution in [0, 0.1) is 27.7 Å². The summed E-state index contributed by atoms with van der Waals surface area (Å²) in [4.78, 5) is 109. The second kappa shape index (κ2) is 26.7. The summed E-state index contributed by atoms with van der Waals surface area (Å²) in [6.45, 7) is 25.4. The number of nitrogens with zero attached hydrogens (tertiary/aromatic N) is 2. The second-order valence-electron chi connectivity index (χ2n) is 15.4. The Morgan fingerprint density at radius 2 is 0.800 bits per heavy atom. The fourth-order valence-corrected chi connectivity index (χ4v) is 3.76. The lowest BCUT2D eigenvalue weighted by Crippen LogP contribution is -2.44. The first kappa shape index (κ1) is 60.2. The van der Waals surface area contributed by atoms with Crippen LogP contribution in [0.25, 0.3) is 0 Å². The third kappa shape index (κ3) is 22.9. The third-order valence-corrected chi connectivity index (χ3v) is 8.82. The molecule has 0 saturated carbocycles. The Kier molecular flexibility index (Phi) is 24.7. The van der Waals surface area contributed by atoms with E-state index in [9.17, 15) is 47.9 Å². The lowest BCUT2D eigenvalue weighted by Gasteiger charge is -2.19. The fraction of sp³-hybridized carbons (Fsp3) is 0.450. The van der Waals surface area contributed by atoms with E-state index in [1.54, 1.807) is 69.2 Å². The maximum Gasteiger partial charge on any atom is 0.426 e. The van der Waals surface area contributed by atoms with Gasteiger partial charge in [0.05, 0.1) is 0 Å². The predicted molar refractivity (Wildman–Crippen MR) is 235 cm³/mol. The van der Waals surface area contributed by atoms with Gasteiger partial charge in [0, 0.05) is 44.6 Å². The van der Waals surface area contributed by atoms with Gasteiger partial charge in [-0.05, 0) is 122 Å². The van der Waals surface area contributed by atoms with Gasteiger partial charge in [-0.25, -0.2) is 39.6 Å². The first-order valence-electron chi connectivity index (χ1n) is 18.7. The maximum atomic E-state index is 11.5. The summed E-state index contributed by atoms with van der Waals surface area (Å²) in [7, 11) is 0. The molecule has 0 aromatic carbocycles. The standard InChI is InChI=1S/2C11H18N2O5.C6H6Cl2N2.C6H8N2O2.C6H6O3/c2*1-6(7(2)9(15)16)8(14)12-13-10(17)18-11(3,4)5;1-3-4(2)6(8)10-9-5(3)7;1-3-4(2)6(10)8-7-5(3)9;1-3-4(2)6(8)9-5(3)7/h2*1-5H3,(H,12,14)(H,13,17)(H,15,16);1-2H3;1-2H3,(H,7,9)(H,8,10);1-2H3/b2*7-6-;;;.